The van der Waals surface area contributed by atoms with E-state index in [1.165, 1.54) is 10.4 Å². The largest absolute Gasteiger partial charge is 0.316 e. The van der Waals surface area contributed by atoms with Gasteiger partial charge in [-0.2, -0.15) is 0 Å². The smallest absolute Gasteiger partial charge is 0.239 e. The number of nitrogens with one attached hydrogen (secondary N) is 1. The van der Waals surface area contributed by atoms with Crippen molar-refractivity contribution in [2.45, 2.75) is 32.2 Å². The van der Waals surface area contributed by atoms with Crippen LogP contribution >= 0.6 is 11.3 Å². The zero-order chi connectivity index (χ0) is 23.3. The van der Waals surface area contributed by atoms with E-state index in [2.05, 4.69) is 39.4 Å². The van der Waals surface area contributed by atoms with Gasteiger partial charge in [0, 0.05) is 43.2 Å². The highest BCUT2D eigenvalue weighted by Crippen LogP contribution is 2.39. The van der Waals surface area contributed by atoms with Crippen LogP contribution in [0.2, 0.25) is 0 Å². The van der Waals surface area contributed by atoms with Gasteiger partial charge in [-0.15, -0.1) is 11.3 Å². The number of hydrogen-bond acceptors (Lipinski definition) is 5. The van der Waals surface area contributed by atoms with Gasteiger partial charge in [0.15, 0.2) is 5.78 Å². The number of hydrogen-bond donors (Lipinski definition) is 1. The predicted molar refractivity (Wildman–Crippen MR) is 138 cm³/mol. The molecule has 5 rings (SSSR count). The summed E-state index contributed by atoms with van der Waals surface area (Å²) in [6, 6.07) is 19.9. The lowest BCUT2D eigenvalue weighted by Crippen LogP contribution is -2.48. The van der Waals surface area contributed by atoms with E-state index >= 15 is 0 Å². The number of fused-ring (bicyclic) bond motifs is 1. The standard InChI is InChI=1S/C28H31N3O2S/c32-25(20-31-17-15-30(16-18-31)19-21-9-3-1-4-10-21)29-28-26(23-13-7-8-14-24(23)34-28)27(33)22-11-5-2-6-12-22/h1-6,9-12H,7-8,13-20H2,(H,29,32). The van der Waals surface area contributed by atoms with Crippen molar-refractivity contribution in [2.24, 2.45) is 0 Å². The Labute approximate surface area is 205 Å². The predicted octanol–water partition coefficient (Wildman–Crippen LogP) is 4.61. The summed E-state index contributed by atoms with van der Waals surface area (Å²) in [7, 11) is 0. The van der Waals surface area contributed by atoms with Gasteiger partial charge >= 0.3 is 0 Å². The fraction of sp³-hybridized carbons (Fsp3) is 0.357. The monoisotopic (exact) mass is 473 g/mol. The number of thiophene rings is 1. The Kier molecular flexibility index (Phi) is 7.19. The van der Waals surface area contributed by atoms with E-state index < -0.39 is 0 Å². The van der Waals surface area contributed by atoms with E-state index in [0.717, 1.165) is 69.0 Å². The average molecular weight is 474 g/mol. The lowest BCUT2D eigenvalue weighted by atomic mass is 9.92. The van der Waals surface area contributed by atoms with Crippen LogP contribution in [0.25, 0.3) is 0 Å². The Bertz CT molecular complexity index is 1140. The van der Waals surface area contributed by atoms with E-state index in [9.17, 15) is 9.59 Å². The Balaban J connectivity index is 1.23. The number of amides is 1. The van der Waals surface area contributed by atoms with Crippen molar-refractivity contribution in [3.05, 3.63) is 87.8 Å². The molecular weight excluding hydrogens is 442 g/mol. The third kappa shape index (κ3) is 5.30. The first-order valence-electron chi connectivity index (χ1n) is 12.2. The maximum atomic E-state index is 13.4. The number of ketones is 1. The van der Waals surface area contributed by atoms with Crippen molar-refractivity contribution in [1.29, 1.82) is 0 Å². The second-order valence-corrected chi connectivity index (χ2v) is 10.3. The molecule has 1 aromatic heterocycles. The molecule has 1 aliphatic carbocycles. The average Bonchev–Trinajstić information content (AvgIpc) is 3.23. The number of piperazine rings is 1. The maximum Gasteiger partial charge on any atom is 0.239 e. The molecule has 2 aromatic carbocycles. The van der Waals surface area contributed by atoms with Crippen molar-refractivity contribution >= 4 is 28.0 Å². The molecule has 0 bridgehead atoms. The minimum atomic E-state index is -0.0304. The van der Waals surface area contributed by atoms with Crippen LogP contribution in [0.5, 0.6) is 0 Å². The summed E-state index contributed by atoms with van der Waals surface area (Å²) in [5.41, 5.74) is 3.87. The lowest BCUT2D eigenvalue weighted by molar-refractivity contribution is -0.117. The first-order chi connectivity index (χ1) is 16.7. The molecule has 6 heteroatoms. The number of nitrogens with zero attached hydrogens (tertiary/aromatic N) is 2. The van der Waals surface area contributed by atoms with E-state index in [1.807, 2.05) is 36.4 Å². The third-order valence-corrected chi connectivity index (χ3v) is 7.98. The molecule has 2 aliphatic rings. The third-order valence-electron chi connectivity index (χ3n) is 6.77. The van der Waals surface area contributed by atoms with Crippen molar-refractivity contribution in [2.75, 3.05) is 38.0 Å². The van der Waals surface area contributed by atoms with Crippen molar-refractivity contribution in [3.63, 3.8) is 0 Å². The first kappa shape index (κ1) is 23.0. The van der Waals surface area contributed by atoms with E-state index in [1.54, 1.807) is 11.3 Å². The second-order valence-electron chi connectivity index (χ2n) is 9.20. The van der Waals surface area contributed by atoms with Gasteiger partial charge in [0.2, 0.25) is 5.91 Å². The van der Waals surface area contributed by atoms with Gasteiger partial charge in [-0.3, -0.25) is 19.4 Å². The Morgan fingerprint density at radius 2 is 1.47 bits per heavy atom. The van der Waals surface area contributed by atoms with Crippen LogP contribution in [-0.2, 0) is 24.2 Å². The number of carbonyl (C=O) groups is 2. The molecule has 1 N–H and O–H groups in total. The van der Waals surface area contributed by atoms with Crippen LogP contribution in [0.1, 0.15) is 44.8 Å². The fourth-order valence-corrected chi connectivity index (χ4v) is 6.25. The molecule has 176 valence electrons. The number of anilines is 1. The van der Waals surface area contributed by atoms with Crippen LogP contribution in [0.3, 0.4) is 0 Å². The highest BCUT2D eigenvalue weighted by molar-refractivity contribution is 7.17. The van der Waals surface area contributed by atoms with Crippen LogP contribution in [-0.4, -0.2) is 54.2 Å². The first-order valence-corrected chi connectivity index (χ1v) is 13.0. The molecule has 0 unspecified atom stereocenters. The Morgan fingerprint density at radius 1 is 0.824 bits per heavy atom. The van der Waals surface area contributed by atoms with E-state index in [-0.39, 0.29) is 11.7 Å². The van der Waals surface area contributed by atoms with Crippen molar-refractivity contribution in [3.8, 4) is 0 Å². The Hall–Kier alpha value is -2.80. The summed E-state index contributed by atoms with van der Waals surface area (Å²) in [4.78, 5) is 32.3. The van der Waals surface area contributed by atoms with Crippen LogP contribution in [0.4, 0.5) is 5.00 Å². The molecule has 34 heavy (non-hydrogen) atoms. The molecule has 1 saturated heterocycles. The van der Waals surface area contributed by atoms with Crippen LogP contribution in [0.15, 0.2) is 60.7 Å². The molecule has 1 amide bonds. The summed E-state index contributed by atoms with van der Waals surface area (Å²) in [5.74, 6) is -0.0120. The molecular formula is C28H31N3O2S. The molecule has 3 aromatic rings. The quantitative estimate of drug-likeness (QED) is 0.509. The minimum Gasteiger partial charge on any atom is -0.316 e. The second kappa shape index (κ2) is 10.6. The zero-order valence-electron chi connectivity index (χ0n) is 19.5. The van der Waals surface area contributed by atoms with Crippen molar-refractivity contribution in [1.82, 2.24) is 9.80 Å². The Morgan fingerprint density at radius 3 is 2.21 bits per heavy atom. The molecule has 0 radical (unpaired) electrons. The van der Waals surface area contributed by atoms with Gasteiger partial charge < -0.3 is 5.32 Å². The van der Waals surface area contributed by atoms with Gasteiger partial charge in [0.05, 0.1) is 12.1 Å². The van der Waals surface area contributed by atoms with E-state index in [0.29, 0.717) is 17.7 Å². The molecule has 1 aliphatic heterocycles. The number of aryl methyl sites for hydroxylation is 1. The van der Waals surface area contributed by atoms with Gasteiger partial charge in [0.25, 0.3) is 0 Å². The summed E-state index contributed by atoms with van der Waals surface area (Å²) >= 11 is 1.60. The van der Waals surface area contributed by atoms with E-state index in [4.69, 9.17) is 0 Å². The lowest BCUT2D eigenvalue weighted by Gasteiger charge is -2.34. The summed E-state index contributed by atoms with van der Waals surface area (Å²) in [5, 5.41) is 3.85. The SMILES string of the molecule is O=C(CN1CCN(Cc2ccccc2)CC1)Nc1sc2c(c1C(=O)c1ccccc1)CCCC2. The van der Waals surface area contributed by atoms with Gasteiger partial charge in [0.1, 0.15) is 5.00 Å². The number of carbonyl (C=O) groups excluding carboxylic acids is 2. The number of benzene rings is 2. The van der Waals surface area contributed by atoms with Gasteiger partial charge in [-0.05, 0) is 36.8 Å². The minimum absolute atomic E-state index is 0.0184. The molecule has 5 nitrogen and oxygen atoms in total. The molecule has 2 heterocycles. The summed E-state index contributed by atoms with van der Waals surface area (Å²) < 4.78 is 0. The zero-order valence-corrected chi connectivity index (χ0v) is 20.3. The van der Waals surface area contributed by atoms with Crippen LogP contribution < -0.4 is 5.32 Å². The van der Waals surface area contributed by atoms with Crippen LogP contribution in [0, 0.1) is 0 Å². The maximum absolute atomic E-state index is 13.4. The van der Waals surface area contributed by atoms with Crippen molar-refractivity contribution < 1.29 is 9.59 Å². The topological polar surface area (TPSA) is 52.7 Å². The summed E-state index contributed by atoms with van der Waals surface area (Å²) in [6.07, 6.45) is 4.15. The fourth-order valence-electron chi connectivity index (χ4n) is 4.94. The van der Waals surface area contributed by atoms with Gasteiger partial charge in [-0.25, -0.2) is 0 Å². The highest BCUT2D eigenvalue weighted by Gasteiger charge is 2.27. The molecule has 0 spiro atoms. The molecule has 0 atom stereocenters. The highest BCUT2D eigenvalue weighted by atomic mass is 32.1. The molecule has 0 saturated carbocycles. The normalized spacial score (nSPS) is 16.7. The summed E-state index contributed by atoms with van der Waals surface area (Å²) in [6.45, 7) is 4.96. The van der Waals surface area contributed by atoms with Gasteiger partial charge in [-0.1, -0.05) is 60.7 Å². The number of rotatable bonds is 7. The molecule has 1 fully saturated rings.